The summed E-state index contributed by atoms with van der Waals surface area (Å²) in [5.74, 6) is 0.938. The first-order valence-electron chi connectivity index (χ1n) is 7.57. The van der Waals surface area contributed by atoms with Crippen LogP contribution in [0, 0.1) is 13.8 Å². The van der Waals surface area contributed by atoms with E-state index < -0.39 is 0 Å². The molecule has 22 heavy (non-hydrogen) atoms. The van der Waals surface area contributed by atoms with E-state index in [1.807, 2.05) is 11.7 Å². The van der Waals surface area contributed by atoms with Crippen LogP contribution in [0.5, 0.6) is 0 Å². The van der Waals surface area contributed by atoms with Crippen molar-refractivity contribution in [2.75, 3.05) is 11.4 Å². The van der Waals surface area contributed by atoms with Gasteiger partial charge in [0.25, 0.3) is 0 Å². The fraction of sp³-hybridized carbons (Fsp3) is 0.467. The summed E-state index contributed by atoms with van der Waals surface area (Å²) in [7, 11) is 2.00. The molecule has 0 amide bonds. The average Bonchev–Trinajstić information content (AvgIpc) is 3.19. The van der Waals surface area contributed by atoms with Gasteiger partial charge in [0.15, 0.2) is 11.5 Å². The van der Waals surface area contributed by atoms with Gasteiger partial charge in [-0.3, -0.25) is 4.68 Å². The lowest BCUT2D eigenvalue weighted by atomic mass is 10.0. The largest absolute Gasteiger partial charge is 0.348 e. The van der Waals surface area contributed by atoms with E-state index >= 15 is 0 Å². The lowest BCUT2D eigenvalue weighted by Gasteiger charge is -2.26. The van der Waals surface area contributed by atoms with Crippen molar-refractivity contribution >= 4 is 17.0 Å². The smallest absolute Gasteiger partial charge is 0.182 e. The highest BCUT2D eigenvalue weighted by atomic mass is 15.3. The molecule has 0 spiro atoms. The Kier molecular flexibility index (Phi) is 2.88. The average molecular weight is 297 g/mol. The number of aryl methyl sites for hydroxylation is 2. The van der Waals surface area contributed by atoms with E-state index in [4.69, 9.17) is 0 Å². The van der Waals surface area contributed by atoms with Crippen molar-refractivity contribution in [3.05, 3.63) is 29.6 Å². The Bertz CT molecular complexity index is 832. The third-order valence-electron chi connectivity index (χ3n) is 4.63. The van der Waals surface area contributed by atoms with Crippen LogP contribution < -0.4 is 4.90 Å². The van der Waals surface area contributed by atoms with E-state index in [0.29, 0.717) is 6.04 Å². The van der Waals surface area contributed by atoms with Gasteiger partial charge in [-0.15, -0.1) is 0 Å². The minimum atomic E-state index is 0.315. The summed E-state index contributed by atoms with van der Waals surface area (Å²) in [4.78, 5) is 18.5. The van der Waals surface area contributed by atoms with E-state index in [-0.39, 0.29) is 0 Å². The molecule has 1 fully saturated rings. The van der Waals surface area contributed by atoms with Crippen LogP contribution in [0.2, 0.25) is 0 Å². The van der Waals surface area contributed by atoms with E-state index in [0.717, 1.165) is 42.1 Å². The topological polar surface area (TPSA) is 75.5 Å². The molecule has 1 atom stereocenters. The van der Waals surface area contributed by atoms with Crippen LogP contribution in [0.15, 0.2) is 12.7 Å². The van der Waals surface area contributed by atoms with E-state index in [1.165, 1.54) is 11.3 Å². The number of hydrogen-bond acceptors (Lipinski definition) is 5. The lowest BCUT2D eigenvalue weighted by molar-refractivity contribution is 0.694. The van der Waals surface area contributed by atoms with Crippen molar-refractivity contribution < 1.29 is 0 Å². The predicted molar refractivity (Wildman–Crippen MR) is 83.7 cm³/mol. The molecule has 0 radical (unpaired) electrons. The zero-order valence-electron chi connectivity index (χ0n) is 13.0. The molecule has 1 N–H and O–H groups in total. The molecule has 1 saturated heterocycles. The van der Waals surface area contributed by atoms with Gasteiger partial charge in [-0.1, -0.05) is 0 Å². The SMILES string of the molecule is Cc1nn(C)c(C)c1C1CCCN1c1ncnc2nc[nH]c12. The van der Waals surface area contributed by atoms with Crippen molar-refractivity contribution in [3.63, 3.8) is 0 Å². The first-order chi connectivity index (χ1) is 10.7. The molecular formula is C15H19N7. The maximum Gasteiger partial charge on any atom is 0.182 e. The summed E-state index contributed by atoms with van der Waals surface area (Å²) < 4.78 is 1.97. The van der Waals surface area contributed by atoms with Gasteiger partial charge < -0.3 is 9.88 Å². The minimum Gasteiger partial charge on any atom is -0.348 e. The molecular weight excluding hydrogens is 278 g/mol. The van der Waals surface area contributed by atoms with Crippen LogP contribution in [0.4, 0.5) is 5.82 Å². The second-order valence-electron chi connectivity index (χ2n) is 5.86. The van der Waals surface area contributed by atoms with E-state index in [2.05, 4.69) is 43.8 Å². The fourth-order valence-corrected chi connectivity index (χ4v) is 3.56. The van der Waals surface area contributed by atoms with Crippen molar-refractivity contribution in [2.45, 2.75) is 32.7 Å². The molecule has 0 aromatic carbocycles. The van der Waals surface area contributed by atoms with Gasteiger partial charge in [-0.05, 0) is 26.7 Å². The predicted octanol–water partition coefficient (Wildman–Crippen LogP) is 2.04. The van der Waals surface area contributed by atoms with Crippen LogP contribution in [-0.2, 0) is 7.05 Å². The standard InChI is InChI=1S/C15H19N7/c1-9-12(10(2)21(3)20-9)11-5-4-6-22(11)15-13-14(17-7-16-13)18-8-19-15/h7-8,11H,4-6H2,1-3H3,(H,16,17,18,19). The molecule has 1 unspecified atom stereocenters. The Balaban J connectivity index is 1.83. The Morgan fingerprint density at radius 1 is 1.23 bits per heavy atom. The summed E-state index contributed by atoms with van der Waals surface area (Å²) in [6.45, 7) is 5.21. The maximum atomic E-state index is 4.57. The van der Waals surface area contributed by atoms with Crippen LogP contribution in [0.3, 0.4) is 0 Å². The van der Waals surface area contributed by atoms with E-state index in [9.17, 15) is 0 Å². The highest BCUT2D eigenvalue weighted by Gasteiger charge is 2.32. The Morgan fingerprint density at radius 2 is 2.09 bits per heavy atom. The number of imidazole rings is 1. The molecule has 4 rings (SSSR count). The summed E-state index contributed by atoms with van der Waals surface area (Å²) in [5.41, 5.74) is 5.28. The number of nitrogens with one attached hydrogen (secondary N) is 1. The number of aromatic nitrogens is 6. The number of anilines is 1. The summed E-state index contributed by atoms with van der Waals surface area (Å²) in [5, 5.41) is 4.57. The Hall–Kier alpha value is -2.44. The zero-order valence-corrected chi connectivity index (χ0v) is 13.0. The minimum absolute atomic E-state index is 0.315. The molecule has 1 aliphatic rings. The maximum absolute atomic E-state index is 4.57. The Labute approximate surface area is 128 Å². The quantitative estimate of drug-likeness (QED) is 0.783. The second-order valence-corrected chi connectivity index (χ2v) is 5.86. The van der Waals surface area contributed by atoms with Crippen molar-refractivity contribution in [2.24, 2.45) is 7.05 Å². The van der Waals surface area contributed by atoms with Crippen molar-refractivity contribution in [1.82, 2.24) is 29.7 Å². The molecule has 114 valence electrons. The molecule has 0 aliphatic carbocycles. The summed E-state index contributed by atoms with van der Waals surface area (Å²) in [6, 6.07) is 0.315. The molecule has 4 heterocycles. The van der Waals surface area contributed by atoms with Gasteiger partial charge in [-0.25, -0.2) is 15.0 Å². The molecule has 1 aliphatic heterocycles. The zero-order chi connectivity index (χ0) is 15.3. The number of nitrogens with zero attached hydrogens (tertiary/aromatic N) is 6. The van der Waals surface area contributed by atoms with Crippen LogP contribution >= 0.6 is 0 Å². The third kappa shape index (κ3) is 1.81. The number of rotatable bonds is 2. The second kappa shape index (κ2) is 4.79. The molecule has 7 nitrogen and oxygen atoms in total. The van der Waals surface area contributed by atoms with Crippen LogP contribution in [-0.4, -0.2) is 36.3 Å². The van der Waals surface area contributed by atoms with Gasteiger partial charge in [0.2, 0.25) is 0 Å². The van der Waals surface area contributed by atoms with Crippen LogP contribution in [0.1, 0.15) is 35.8 Å². The van der Waals surface area contributed by atoms with Gasteiger partial charge in [0, 0.05) is 24.8 Å². The molecule has 7 heteroatoms. The lowest BCUT2D eigenvalue weighted by Crippen LogP contribution is -2.24. The normalized spacial score (nSPS) is 18.5. The highest BCUT2D eigenvalue weighted by molar-refractivity contribution is 5.83. The summed E-state index contributed by atoms with van der Waals surface area (Å²) >= 11 is 0. The first-order valence-corrected chi connectivity index (χ1v) is 7.57. The van der Waals surface area contributed by atoms with Crippen molar-refractivity contribution in [3.8, 4) is 0 Å². The Morgan fingerprint density at radius 3 is 2.86 bits per heavy atom. The number of hydrogen-bond donors (Lipinski definition) is 1. The first kappa shape index (κ1) is 13.2. The monoisotopic (exact) mass is 297 g/mol. The summed E-state index contributed by atoms with van der Waals surface area (Å²) in [6.07, 6.45) is 5.54. The van der Waals surface area contributed by atoms with Gasteiger partial charge in [0.05, 0.1) is 18.1 Å². The van der Waals surface area contributed by atoms with Crippen LogP contribution in [0.25, 0.3) is 11.2 Å². The number of aromatic amines is 1. The molecule has 0 bridgehead atoms. The van der Waals surface area contributed by atoms with Gasteiger partial charge in [0.1, 0.15) is 11.8 Å². The highest BCUT2D eigenvalue weighted by Crippen LogP contribution is 2.39. The molecule has 0 saturated carbocycles. The molecule has 3 aromatic rings. The molecule has 3 aromatic heterocycles. The van der Waals surface area contributed by atoms with E-state index in [1.54, 1.807) is 12.7 Å². The fourth-order valence-electron chi connectivity index (χ4n) is 3.56. The van der Waals surface area contributed by atoms with Gasteiger partial charge >= 0.3 is 0 Å². The van der Waals surface area contributed by atoms with Crippen molar-refractivity contribution in [1.29, 1.82) is 0 Å². The third-order valence-corrected chi connectivity index (χ3v) is 4.63. The van der Waals surface area contributed by atoms with Gasteiger partial charge in [-0.2, -0.15) is 5.10 Å². The number of H-pyrrole nitrogens is 1. The number of fused-ring (bicyclic) bond motifs is 1.